The molecule has 4 aliphatic heterocycles. The molecule has 3 fully saturated rings. The number of fused-ring (bicyclic) bond motifs is 3. The Morgan fingerprint density at radius 1 is 1.14 bits per heavy atom. The van der Waals surface area contributed by atoms with Crippen LogP contribution in [0.25, 0.3) is 22.2 Å². The summed E-state index contributed by atoms with van der Waals surface area (Å²) in [6, 6.07) is 0.619. The van der Waals surface area contributed by atoms with Crippen LogP contribution >= 0.6 is 0 Å². The number of hydrogen-bond acceptors (Lipinski definition) is 10. The van der Waals surface area contributed by atoms with Gasteiger partial charge in [-0.3, -0.25) is 4.90 Å². The first-order valence-electron chi connectivity index (χ1n) is 14.7. The molecule has 6 heterocycles. The molecule has 3 aromatic rings. The molecule has 3 N–H and O–H groups in total. The van der Waals surface area contributed by atoms with Gasteiger partial charge in [-0.1, -0.05) is 0 Å². The molecule has 0 amide bonds. The van der Waals surface area contributed by atoms with Crippen molar-refractivity contribution in [3.8, 4) is 23.1 Å². The Balaban J connectivity index is 1.40. The molecule has 0 radical (unpaired) electrons. The summed E-state index contributed by atoms with van der Waals surface area (Å²) in [5, 5.41) is 3.43. The molecule has 7 rings (SSSR count). The van der Waals surface area contributed by atoms with E-state index in [-0.39, 0.29) is 41.5 Å². The van der Waals surface area contributed by atoms with Crippen molar-refractivity contribution < 1.29 is 36.2 Å². The third-order valence-corrected chi connectivity index (χ3v) is 9.09. The van der Waals surface area contributed by atoms with Gasteiger partial charge in [0.15, 0.2) is 5.82 Å². The molecular weight excluding hydrogens is 589 g/mol. The SMILES string of the molecule is Cc1c(F)c(N)cc(-c2nc3c4c(nc(OC[C@@H]5COC[C@H]6CCCN65)nc4c2F)N2CCNC[C@H]2[C@H](C)O3)c1C(F)(F)F. The molecule has 0 bridgehead atoms. The predicted octanol–water partition coefficient (Wildman–Crippen LogP) is 3.68. The Morgan fingerprint density at radius 2 is 1.95 bits per heavy atom. The molecule has 236 valence electrons. The van der Waals surface area contributed by atoms with Gasteiger partial charge in [0.1, 0.15) is 40.9 Å². The Morgan fingerprint density at radius 3 is 2.75 bits per heavy atom. The average Bonchev–Trinajstić information content (AvgIpc) is 3.44. The maximum Gasteiger partial charge on any atom is 0.417 e. The number of halogens is 5. The van der Waals surface area contributed by atoms with Gasteiger partial charge in [0.05, 0.1) is 36.5 Å². The number of nitrogens with one attached hydrogen (secondary N) is 1. The molecule has 10 nitrogen and oxygen atoms in total. The monoisotopic (exact) mass is 621 g/mol. The second-order valence-corrected chi connectivity index (χ2v) is 11.8. The fourth-order valence-electron chi connectivity index (χ4n) is 6.94. The zero-order chi connectivity index (χ0) is 30.9. The molecule has 4 atom stereocenters. The minimum absolute atomic E-state index is 0.0575. The van der Waals surface area contributed by atoms with E-state index >= 15 is 4.39 Å². The van der Waals surface area contributed by atoms with Crippen molar-refractivity contribution in [1.29, 1.82) is 0 Å². The first-order valence-corrected chi connectivity index (χ1v) is 14.7. The van der Waals surface area contributed by atoms with Crippen molar-refractivity contribution >= 4 is 22.4 Å². The van der Waals surface area contributed by atoms with Crippen molar-refractivity contribution in [2.45, 2.75) is 57.1 Å². The van der Waals surface area contributed by atoms with Gasteiger partial charge in [-0.05, 0) is 44.9 Å². The molecular formula is C29H32F5N7O3. The number of nitrogens with zero attached hydrogens (tertiary/aromatic N) is 5. The Labute approximate surface area is 249 Å². The van der Waals surface area contributed by atoms with E-state index in [2.05, 4.69) is 25.2 Å². The summed E-state index contributed by atoms with van der Waals surface area (Å²) in [7, 11) is 0. The first-order chi connectivity index (χ1) is 21.0. The van der Waals surface area contributed by atoms with E-state index in [1.807, 2.05) is 4.90 Å². The summed E-state index contributed by atoms with van der Waals surface area (Å²) in [5.41, 5.74) is 1.28. The summed E-state index contributed by atoms with van der Waals surface area (Å²) < 4.78 is 92.2. The third kappa shape index (κ3) is 4.76. The number of pyridine rings is 1. The van der Waals surface area contributed by atoms with Crippen LogP contribution in [0.5, 0.6) is 11.9 Å². The van der Waals surface area contributed by atoms with Gasteiger partial charge in [0.25, 0.3) is 0 Å². The topological polar surface area (TPSA) is 111 Å². The van der Waals surface area contributed by atoms with Crippen LogP contribution in [0.3, 0.4) is 0 Å². The van der Waals surface area contributed by atoms with Gasteiger partial charge in [-0.25, -0.2) is 13.8 Å². The van der Waals surface area contributed by atoms with E-state index in [1.54, 1.807) is 6.92 Å². The Kier molecular flexibility index (Phi) is 7.16. The van der Waals surface area contributed by atoms with Gasteiger partial charge in [-0.15, -0.1) is 0 Å². The molecule has 2 aromatic heterocycles. The molecule has 1 aromatic carbocycles. The van der Waals surface area contributed by atoms with Crippen molar-refractivity contribution in [3.63, 3.8) is 0 Å². The molecule has 3 saturated heterocycles. The summed E-state index contributed by atoms with van der Waals surface area (Å²) in [5.74, 6) is -2.20. The normalized spacial score (nSPS) is 25.4. The van der Waals surface area contributed by atoms with E-state index in [4.69, 9.17) is 19.9 Å². The zero-order valence-corrected chi connectivity index (χ0v) is 24.2. The number of anilines is 2. The quantitative estimate of drug-likeness (QED) is 0.331. The van der Waals surface area contributed by atoms with Crippen molar-refractivity contribution in [2.24, 2.45) is 0 Å². The lowest BCUT2D eigenvalue weighted by molar-refractivity contribution is -0.137. The molecule has 0 spiro atoms. The van der Waals surface area contributed by atoms with Gasteiger partial charge >= 0.3 is 12.2 Å². The lowest BCUT2D eigenvalue weighted by Gasteiger charge is -2.38. The predicted molar refractivity (Wildman–Crippen MR) is 151 cm³/mol. The summed E-state index contributed by atoms with van der Waals surface area (Å²) in [6.07, 6.45) is -3.45. The van der Waals surface area contributed by atoms with Crippen LogP contribution in [0.4, 0.5) is 33.5 Å². The van der Waals surface area contributed by atoms with Crippen LogP contribution < -0.4 is 25.4 Å². The van der Waals surface area contributed by atoms with E-state index in [1.165, 1.54) is 0 Å². The van der Waals surface area contributed by atoms with Gasteiger partial charge in [0, 0.05) is 31.2 Å². The second-order valence-electron chi connectivity index (χ2n) is 11.8. The van der Waals surface area contributed by atoms with Crippen LogP contribution in [0.1, 0.15) is 30.9 Å². The lowest BCUT2D eigenvalue weighted by atomic mass is 9.96. The number of nitrogen functional groups attached to an aromatic ring is 1. The number of alkyl halides is 3. The smallest absolute Gasteiger partial charge is 0.417 e. The minimum Gasteiger partial charge on any atom is -0.472 e. The molecule has 0 aliphatic carbocycles. The standard InChI is InChI=1S/C29H32F5N7O3/c1-13-21(29(32,33)34)17(8-18(35)22(13)30)24-23(31)25-20-26(41-7-5-36-9-19(41)14(2)44-27(20)37-24)39-28(38-25)43-12-16-11-42-10-15-4-3-6-40(15)16/h8,14-16,19,36H,3-7,9-12,35H2,1-2H3/t14-,15+,16-,19-/m0/s1. The van der Waals surface area contributed by atoms with Crippen molar-refractivity contribution in [1.82, 2.24) is 25.2 Å². The number of piperazine rings is 1. The van der Waals surface area contributed by atoms with Crippen molar-refractivity contribution in [3.05, 3.63) is 28.8 Å². The number of benzene rings is 1. The molecule has 4 aliphatic rings. The average molecular weight is 622 g/mol. The zero-order valence-electron chi connectivity index (χ0n) is 24.2. The summed E-state index contributed by atoms with van der Waals surface area (Å²) >= 11 is 0. The van der Waals surface area contributed by atoms with Gasteiger partial charge < -0.3 is 30.2 Å². The summed E-state index contributed by atoms with van der Waals surface area (Å²) in [4.78, 5) is 17.6. The van der Waals surface area contributed by atoms with Crippen molar-refractivity contribution in [2.75, 3.05) is 56.6 Å². The van der Waals surface area contributed by atoms with Crippen LogP contribution in [0, 0.1) is 18.6 Å². The lowest BCUT2D eigenvalue weighted by Crippen LogP contribution is -2.56. The van der Waals surface area contributed by atoms with E-state index in [9.17, 15) is 17.6 Å². The number of rotatable bonds is 4. The largest absolute Gasteiger partial charge is 0.472 e. The minimum atomic E-state index is -5.04. The molecule has 0 unspecified atom stereocenters. The van der Waals surface area contributed by atoms with Crippen LogP contribution in [0.15, 0.2) is 6.07 Å². The number of nitrogens with two attached hydrogens (primary N) is 1. The number of ether oxygens (including phenoxy) is 3. The fourth-order valence-corrected chi connectivity index (χ4v) is 6.94. The first kappa shape index (κ1) is 29.2. The highest BCUT2D eigenvalue weighted by atomic mass is 19.4. The number of hydrogen-bond donors (Lipinski definition) is 2. The molecule has 0 saturated carbocycles. The van der Waals surface area contributed by atoms with Crippen LogP contribution in [-0.4, -0.2) is 90.1 Å². The fraction of sp³-hybridized carbons (Fsp3) is 0.552. The second kappa shape index (κ2) is 10.8. The highest BCUT2D eigenvalue weighted by Crippen LogP contribution is 2.46. The van der Waals surface area contributed by atoms with Crippen LogP contribution in [0.2, 0.25) is 0 Å². The maximum atomic E-state index is 16.6. The number of aromatic nitrogens is 3. The highest BCUT2D eigenvalue weighted by Gasteiger charge is 2.41. The van der Waals surface area contributed by atoms with E-state index < -0.39 is 52.0 Å². The van der Waals surface area contributed by atoms with E-state index in [0.717, 1.165) is 32.4 Å². The Hall–Kier alpha value is -3.56. The van der Waals surface area contributed by atoms with Crippen LogP contribution in [-0.2, 0) is 10.9 Å². The number of morpholine rings is 1. The van der Waals surface area contributed by atoms with Gasteiger partial charge in [-0.2, -0.15) is 23.1 Å². The summed E-state index contributed by atoms with van der Waals surface area (Å²) in [6.45, 7) is 6.60. The molecule has 44 heavy (non-hydrogen) atoms. The van der Waals surface area contributed by atoms with Gasteiger partial charge in [0.2, 0.25) is 5.88 Å². The van der Waals surface area contributed by atoms with E-state index in [0.29, 0.717) is 44.7 Å². The molecule has 15 heteroatoms. The third-order valence-electron chi connectivity index (χ3n) is 9.09. The highest BCUT2D eigenvalue weighted by molar-refractivity contribution is 5.97. The Bertz CT molecular complexity index is 1620. The maximum absolute atomic E-state index is 16.6.